The fraction of sp³-hybridized carbons (Fsp3) is 0.417. The van der Waals surface area contributed by atoms with Crippen LogP contribution in [0.4, 0.5) is 0 Å². The lowest BCUT2D eigenvalue weighted by Gasteiger charge is -2.10. The molecule has 1 aromatic rings. The van der Waals surface area contributed by atoms with Crippen molar-refractivity contribution in [3.8, 4) is 5.75 Å². The SMILES string of the molecule is COc1cccc(CC(N)CCC(=O)O)c1. The maximum absolute atomic E-state index is 10.4. The molecule has 0 heterocycles. The van der Waals surface area contributed by atoms with E-state index < -0.39 is 5.97 Å². The molecule has 1 rings (SSSR count). The van der Waals surface area contributed by atoms with Crippen LogP contribution in [0.25, 0.3) is 0 Å². The van der Waals surface area contributed by atoms with Crippen LogP contribution in [0.15, 0.2) is 24.3 Å². The number of carboxylic acids is 1. The highest BCUT2D eigenvalue weighted by Gasteiger charge is 2.07. The smallest absolute Gasteiger partial charge is 0.303 e. The molecule has 4 nitrogen and oxygen atoms in total. The van der Waals surface area contributed by atoms with Gasteiger partial charge in [-0.15, -0.1) is 0 Å². The monoisotopic (exact) mass is 223 g/mol. The van der Waals surface area contributed by atoms with E-state index >= 15 is 0 Å². The molecular formula is C12H17NO3. The lowest BCUT2D eigenvalue weighted by atomic mass is 10.0. The molecule has 1 atom stereocenters. The summed E-state index contributed by atoms with van der Waals surface area (Å²) in [6.07, 6.45) is 1.28. The van der Waals surface area contributed by atoms with Crippen molar-refractivity contribution in [2.45, 2.75) is 25.3 Å². The van der Waals surface area contributed by atoms with E-state index in [1.165, 1.54) is 0 Å². The summed E-state index contributed by atoms with van der Waals surface area (Å²) in [5.41, 5.74) is 6.91. The lowest BCUT2D eigenvalue weighted by molar-refractivity contribution is -0.137. The van der Waals surface area contributed by atoms with E-state index in [-0.39, 0.29) is 12.5 Å². The summed E-state index contributed by atoms with van der Waals surface area (Å²) in [5.74, 6) is -0.0102. The van der Waals surface area contributed by atoms with Crippen LogP contribution < -0.4 is 10.5 Å². The second-order valence-corrected chi connectivity index (χ2v) is 3.75. The van der Waals surface area contributed by atoms with E-state index in [1.807, 2.05) is 24.3 Å². The third kappa shape index (κ3) is 4.31. The first-order valence-corrected chi connectivity index (χ1v) is 5.22. The molecule has 0 spiro atoms. The standard InChI is InChI=1S/C12H17NO3/c1-16-11-4-2-3-9(8-11)7-10(13)5-6-12(14)15/h2-4,8,10H,5-7,13H2,1H3,(H,14,15). The van der Waals surface area contributed by atoms with Crippen molar-refractivity contribution < 1.29 is 14.6 Å². The summed E-state index contributed by atoms with van der Waals surface area (Å²) in [5, 5.41) is 8.54. The maximum atomic E-state index is 10.4. The van der Waals surface area contributed by atoms with Crippen LogP contribution in [0.2, 0.25) is 0 Å². The largest absolute Gasteiger partial charge is 0.497 e. The minimum Gasteiger partial charge on any atom is -0.497 e. The average molecular weight is 223 g/mol. The summed E-state index contributed by atoms with van der Waals surface area (Å²) in [4.78, 5) is 10.4. The second kappa shape index (κ2) is 6.12. The van der Waals surface area contributed by atoms with Gasteiger partial charge in [0, 0.05) is 12.5 Å². The molecule has 3 N–H and O–H groups in total. The van der Waals surface area contributed by atoms with Gasteiger partial charge in [0.1, 0.15) is 5.75 Å². The number of benzene rings is 1. The quantitative estimate of drug-likeness (QED) is 0.765. The molecule has 0 saturated carbocycles. The first-order chi connectivity index (χ1) is 7.61. The van der Waals surface area contributed by atoms with Gasteiger partial charge in [0.2, 0.25) is 0 Å². The zero-order valence-corrected chi connectivity index (χ0v) is 9.35. The van der Waals surface area contributed by atoms with Crippen molar-refractivity contribution in [1.29, 1.82) is 0 Å². The fourth-order valence-electron chi connectivity index (χ4n) is 1.51. The average Bonchev–Trinajstić information content (AvgIpc) is 2.26. The van der Waals surface area contributed by atoms with E-state index in [0.717, 1.165) is 11.3 Å². The number of hydrogen-bond acceptors (Lipinski definition) is 3. The molecule has 4 heteroatoms. The highest BCUT2D eigenvalue weighted by molar-refractivity contribution is 5.66. The van der Waals surface area contributed by atoms with Gasteiger partial charge in [-0.25, -0.2) is 0 Å². The molecule has 0 aromatic heterocycles. The molecule has 0 aliphatic rings. The van der Waals surface area contributed by atoms with Crippen LogP contribution >= 0.6 is 0 Å². The number of methoxy groups -OCH3 is 1. The second-order valence-electron chi connectivity index (χ2n) is 3.75. The molecule has 1 unspecified atom stereocenters. The molecule has 16 heavy (non-hydrogen) atoms. The van der Waals surface area contributed by atoms with E-state index in [9.17, 15) is 4.79 Å². The van der Waals surface area contributed by atoms with Crippen LogP contribution in [-0.2, 0) is 11.2 Å². The van der Waals surface area contributed by atoms with Gasteiger partial charge in [-0.3, -0.25) is 4.79 Å². The molecule has 88 valence electrons. The van der Waals surface area contributed by atoms with Crippen LogP contribution in [0, 0.1) is 0 Å². The number of ether oxygens (including phenoxy) is 1. The van der Waals surface area contributed by atoms with Crippen molar-refractivity contribution in [3.63, 3.8) is 0 Å². The van der Waals surface area contributed by atoms with E-state index in [0.29, 0.717) is 12.8 Å². The van der Waals surface area contributed by atoms with Crippen molar-refractivity contribution in [3.05, 3.63) is 29.8 Å². The predicted octanol–water partition coefficient (Wildman–Crippen LogP) is 1.43. The lowest BCUT2D eigenvalue weighted by Crippen LogP contribution is -2.23. The Labute approximate surface area is 95.0 Å². The van der Waals surface area contributed by atoms with Gasteiger partial charge in [-0.1, -0.05) is 12.1 Å². The van der Waals surface area contributed by atoms with Crippen molar-refractivity contribution >= 4 is 5.97 Å². The minimum atomic E-state index is -0.805. The Bertz CT molecular complexity index is 352. The number of nitrogens with two attached hydrogens (primary N) is 1. The van der Waals surface area contributed by atoms with Crippen LogP contribution in [0.3, 0.4) is 0 Å². The molecule has 0 radical (unpaired) electrons. The van der Waals surface area contributed by atoms with Gasteiger partial charge in [0.15, 0.2) is 0 Å². The number of hydrogen-bond donors (Lipinski definition) is 2. The number of rotatable bonds is 6. The number of carbonyl (C=O) groups is 1. The van der Waals surface area contributed by atoms with Gasteiger partial charge >= 0.3 is 5.97 Å². The molecule has 0 bridgehead atoms. The van der Waals surface area contributed by atoms with Gasteiger partial charge in [0.05, 0.1) is 7.11 Å². The summed E-state index contributed by atoms with van der Waals surface area (Å²) in [7, 11) is 1.61. The molecule has 1 aromatic carbocycles. The van der Waals surface area contributed by atoms with Crippen molar-refractivity contribution in [2.24, 2.45) is 5.73 Å². The van der Waals surface area contributed by atoms with Crippen molar-refractivity contribution in [1.82, 2.24) is 0 Å². The number of carboxylic acid groups (broad SMARTS) is 1. The Balaban J connectivity index is 2.48. The minimum absolute atomic E-state index is 0.116. The normalized spacial score (nSPS) is 12.1. The maximum Gasteiger partial charge on any atom is 0.303 e. The van der Waals surface area contributed by atoms with Crippen LogP contribution in [0.5, 0.6) is 5.75 Å². The van der Waals surface area contributed by atoms with E-state index in [1.54, 1.807) is 7.11 Å². The molecule has 0 aliphatic carbocycles. The Morgan fingerprint density at radius 1 is 1.56 bits per heavy atom. The topological polar surface area (TPSA) is 72.5 Å². The van der Waals surface area contributed by atoms with Crippen LogP contribution in [0.1, 0.15) is 18.4 Å². The molecule has 0 aliphatic heterocycles. The molecule has 0 saturated heterocycles. The number of aliphatic carboxylic acids is 1. The first kappa shape index (κ1) is 12.5. The fourth-order valence-corrected chi connectivity index (χ4v) is 1.51. The Kier molecular flexibility index (Phi) is 4.79. The van der Waals surface area contributed by atoms with Gasteiger partial charge in [-0.2, -0.15) is 0 Å². The van der Waals surface area contributed by atoms with Crippen molar-refractivity contribution in [2.75, 3.05) is 7.11 Å². The molecule has 0 fully saturated rings. The van der Waals surface area contributed by atoms with E-state index in [4.69, 9.17) is 15.6 Å². The van der Waals surface area contributed by atoms with E-state index in [2.05, 4.69) is 0 Å². The summed E-state index contributed by atoms with van der Waals surface area (Å²) < 4.78 is 5.10. The first-order valence-electron chi connectivity index (χ1n) is 5.22. The summed E-state index contributed by atoms with van der Waals surface area (Å²) in [6.45, 7) is 0. The van der Waals surface area contributed by atoms with Gasteiger partial charge in [-0.05, 0) is 30.5 Å². The zero-order chi connectivity index (χ0) is 12.0. The van der Waals surface area contributed by atoms with Crippen LogP contribution in [-0.4, -0.2) is 24.2 Å². The highest BCUT2D eigenvalue weighted by atomic mass is 16.5. The highest BCUT2D eigenvalue weighted by Crippen LogP contribution is 2.14. The van der Waals surface area contributed by atoms with Gasteiger partial charge in [0.25, 0.3) is 0 Å². The Morgan fingerprint density at radius 3 is 2.94 bits per heavy atom. The third-order valence-electron chi connectivity index (χ3n) is 2.36. The Hall–Kier alpha value is -1.55. The zero-order valence-electron chi connectivity index (χ0n) is 9.35. The Morgan fingerprint density at radius 2 is 2.31 bits per heavy atom. The predicted molar refractivity (Wildman–Crippen MR) is 61.5 cm³/mol. The summed E-state index contributed by atoms with van der Waals surface area (Å²) in [6, 6.07) is 7.52. The molecule has 0 amide bonds. The van der Waals surface area contributed by atoms with Gasteiger partial charge < -0.3 is 15.6 Å². The summed E-state index contributed by atoms with van der Waals surface area (Å²) >= 11 is 0. The molecular weight excluding hydrogens is 206 g/mol. The third-order valence-corrected chi connectivity index (χ3v) is 2.36.